The first-order valence-electron chi connectivity index (χ1n) is 5.74. The number of aromatic amines is 1. The van der Waals surface area contributed by atoms with Crippen molar-refractivity contribution in [2.45, 2.75) is 0 Å². The molecule has 0 bridgehead atoms. The third-order valence-electron chi connectivity index (χ3n) is 2.48. The van der Waals surface area contributed by atoms with E-state index in [2.05, 4.69) is 15.0 Å². The van der Waals surface area contributed by atoms with E-state index in [1.165, 1.54) is 28.4 Å². The van der Waals surface area contributed by atoms with Gasteiger partial charge in [-0.2, -0.15) is 0 Å². The van der Waals surface area contributed by atoms with Gasteiger partial charge in [-0.1, -0.05) is 29.4 Å². The molecule has 1 aromatic heterocycles. The summed E-state index contributed by atoms with van der Waals surface area (Å²) in [6.45, 7) is 0. The molecule has 0 saturated carbocycles. The van der Waals surface area contributed by atoms with Gasteiger partial charge in [-0.3, -0.25) is 14.6 Å². The second kappa shape index (κ2) is 6.60. The number of Topliss-reactive ketones (excluding diaryl/α,β-unsaturated/α-hetero) is 1. The van der Waals surface area contributed by atoms with E-state index < -0.39 is 11.2 Å². The van der Waals surface area contributed by atoms with Crippen LogP contribution in [0.5, 0.6) is 0 Å². The van der Waals surface area contributed by atoms with E-state index in [1.807, 2.05) is 0 Å². The van der Waals surface area contributed by atoms with Crippen molar-refractivity contribution in [1.29, 1.82) is 0 Å². The molecule has 21 heavy (non-hydrogen) atoms. The van der Waals surface area contributed by atoms with E-state index in [4.69, 9.17) is 5.53 Å². The van der Waals surface area contributed by atoms with E-state index >= 15 is 0 Å². The Morgan fingerprint density at radius 3 is 2.62 bits per heavy atom. The zero-order valence-electron chi connectivity index (χ0n) is 10.6. The molecule has 0 aliphatic heterocycles. The molecular weight excluding hydrogens is 294 g/mol. The number of aromatic nitrogens is 2. The number of benzene rings is 1. The Labute approximate surface area is 122 Å². The van der Waals surface area contributed by atoms with Crippen LogP contribution in [-0.2, 0) is 0 Å². The highest BCUT2D eigenvalue weighted by atomic mass is 32.2. The van der Waals surface area contributed by atoms with Gasteiger partial charge in [0, 0.05) is 28.4 Å². The molecule has 0 radical (unpaired) electrons. The molecule has 1 heterocycles. The van der Waals surface area contributed by atoms with Crippen molar-refractivity contribution in [3.05, 3.63) is 73.4 Å². The molecule has 0 aliphatic rings. The highest BCUT2D eigenvalue weighted by Crippen LogP contribution is 2.15. The lowest BCUT2D eigenvalue weighted by molar-refractivity contribution is 0.102. The van der Waals surface area contributed by atoms with Gasteiger partial charge in [-0.25, -0.2) is 8.77 Å². The first-order valence-corrected chi connectivity index (χ1v) is 6.68. The number of H-pyrrole nitrogens is 1. The van der Waals surface area contributed by atoms with Gasteiger partial charge in [-0.15, -0.1) is 0 Å². The summed E-state index contributed by atoms with van der Waals surface area (Å²) in [4.78, 5) is 39.0. The first-order chi connectivity index (χ1) is 10.1. The van der Waals surface area contributed by atoms with Gasteiger partial charge in [0.15, 0.2) is 5.78 Å². The van der Waals surface area contributed by atoms with Crippen molar-refractivity contribution in [1.82, 2.24) is 8.96 Å². The Kier molecular flexibility index (Phi) is 4.60. The monoisotopic (exact) mass is 303 g/mol. The first kappa shape index (κ1) is 14.6. The molecular formula is C12H9N5O3S. The SMILES string of the molecule is [N-]=[N+]=Nc1ccc(C(=O)CSn2ccc(=O)[nH]c2=O)cc1. The summed E-state index contributed by atoms with van der Waals surface area (Å²) < 4.78 is 1.17. The zero-order valence-corrected chi connectivity index (χ0v) is 11.4. The Hall–Kier alpha value is -2.77. The maximum absolute atomic E-state index is 12.0. The molecule has 0 fully saturated rings. The maximum Gasteiger partial charge on any atom is 0.338 e. The molecule has 1 N–H and O–H groups in total. The average Bonchev–Trinajstić information content (AvgIpc) is 2.47. The van der Waals surface area contributed by atoms with Crippen LogP contribution in [0.3, 0.4) is 0 Å². The largest absolute Gasteiger partial charge is 0.338 e. The second-order valence-electron chi connectivity index (χ2n) is 3.87. The molecule has 0 aliphatic carbocycles. The summed E-state index contributed by atoms with van der Waals surface area (Å²) in [6.07, 6.45) is 1.31. The molecule has 0 amide bonds. The van der Waals surface area contributed by atoms with Crippen molar-refractivity contribution >= 4 is 23.4 Å². The summed E-state index contributed by atoms with van der Waals surface area (Å²) in [5, 5.41) is 3.41. The highest BCUT2D eigenvalue weighted by Gasteiger charge is 2.07. The summed E-state index contributed by atoms with van der Waals surface area (Å²) in [5.74, 6) is -0.155. The van der Waals surface area contributed by atoms with Crippen LogP contribution in [0.15, 0.2) is 51.2 Å². The number of nitrogens with one attached hydrogen (secondary N) is 1. The third kappa shape index (κ3) is 3.85. The summed E-state index contributed by atoms with van der Waals surface area (Å²) in [5.41, 5.74) is 8.07. The Bertz CT molecular complexity index is 818. The van der Waals surface area contributed by atoms with E-state index in [0.717, 1.165) is 11.9 Å². The van der Waals surface area contributed by atoms with Crippen LogP contribution in [0.4, 0.5) is 5.69 Å². The fraction of sp³-hybridized carbons (Fsp3) is 0.0833. The molecule has 0 unspecified atom stereocenters. The lowest BCUT2D eigenvalue weighted by atomic mass is 10.1. The van der Waals surface area contributed by atoms with Gasteiger partial charge in [0.25, 0.3) is 5.56 Å². The van der Waals surface area contributed by atoms with Crippen molar-refractivity contribution < 1.29 is 4.79 Å². The highest BCUT2D eigenvalue weighted by molar-refractivity contribution is 7.98. The molecule has 1 aromatic carbocycles. The summed E-state index contributed by atoms with van der Waals surface area (Å²) in [6, 6.07) is 7.35. The Balaban J connectivity index is 2.06. The van der Waals surface area contributed by atoms with Gasteiger partial charge < -0.3 is 0 Å². The maximum atomic E-state index is 12.0. The predicted octanol–water partition coefficient (Wildman–Crippen LogP) is 1.86. The number of carbonyl (C=O) groups is 1. The number of rotatable bonds is 5. The van der Waals surface area contributed by atoms with Crippen LogP contribution >= 0.6 is 11.9 Å². The van der Waals surface area contributed by atoms with E-state index in [1.54, 1.807) is 12.1 Å². The summed E-state index contributed by atoms with van der Waals surface area (Å²) in [7, 11) is 0. The lowest BCUT2D eigenvalue weighted by Gasteiger charge is -2.03. The third-order valence-corrected chi connectivity index (χ3v) is 3.43. The fourth-order valence-electron chi connectivity index (χ4n) is 1.48. The number of nitrogens with zero attached hydrogens (tertiary/aromatic N) is 4. The van der Waals surface area contributed by atoms with E-state index in [-0.39, 0.29) is 11.5 Å². The van der Waals surface area contributed by atoms with Crippen LogP contribution in [0, 0.1) is 0 Å². The number of ketones is 1. The van der Waals surface area contributed by atoms with Crippen LogP contribution in [-0.4, -0.2) is 20.5 Å². The van der Waals surface area contributed by atoms with Crippen molar-refractivity contribution in [2.75, 3.05) is 5.75 Å². The normalized spacial score (nSPS) is 9.90. The standard InChI is InChI=1S/C12H9N5O3S/c13-16-15-9-3-1-8(2-4-9)10(18)7-21-17-6-5-11(19)14-12(17)20/h1-6H,7H2,(H,14,19,20). The number of hydrogen-bond acceptors (Lipinski definition) is 5. The molecule has 9 heteroatoms. The minimum atomic E-state index is -0.584. The van der Waals surface area contributed by atoms with Crippen LogP contribution in [0.1, 0.15) is 10.4 Å². The number of azide groups is 1. The number of carbonyl (C=O) groups excluding carboxylic acids is 1. The van der Waals surface area contributed by atoms with E-state index in [0.29, 0.717) is 11.3 Å². The van der Waals surface area contributed by atoms with Crippen LogP contribution in [0.2, 0.25) is 0 Å². The van der Waals surface area contributed by atoms with Crippen LogP contribution < -0.4 is 11.2 Å². The van der Waals surface area contributed by atoms with Crippen molar-refractivity contribution in [3.63, 3.8) is 0 Å². The van der Waals surface area contributed by atoms with Crippen LogP contribution in [0.25, 0.3) is 10.4 Å². The molecule has 0 saturated heterocycles. The molecule has 0 atom stereocenters. The van der Waals surface area contributed by atoms with Crippen molar-refractivity contribution in [3.8, 4) is 0 Å². The topological polar surface area (TPSA) is 121 Å². The van der Waals surface area contributed by atoms with Gasteiger partial charge in [-0.05, 0) is 17.5 Å². The molecule has 106 valence electrons. The smallest absolute Gasteiger partial charge is 0.293 e. The van der Waals surface area contributed by atoms with Gasteiger partial charge in [0.1, 0.15) is 0 Å². The summed E-state index contributed by atoms with van der Waals surface area (Å²) >= 11 is 0.976. The van der Waals surface area contributed by atoms with Gasteiger partial charge in [0.2, 0.25) is 0 Å². The molecule has 0 spiro atoms. The Morgan fingerprint density at radius 1 is 1.29 bits per heavy atom. The van der Waals surface area contributed by atoms with Gasteiger partial charge in [0.05, 0.1) is 5.75 Å². The Morgan fingerprint density at radius 2 is 2.00 bits per heavy atom. The van der Waals surface area contributed by atoms with Crippen molar-refractivity contribution in [2.24, 2.45) is 5.11 Å². The number of hydrogen-bond donors (Lipinski definition) is 1. The minimum Gasteiger partial charge on any atom is -0.293 e. The molecule has 8 nitrogen and oxygen atoms in total. The fourth-order valence-corrected chi connectivity index (χ4v) is 2.22. The van der Waals surface area contributed by atoms with Gasteiger partial charge >= 0.3 is 5.69 Å². The minimum absolute atomic E-state index is 0.0345. The predicted molar refractivity (Wildman–Crippen MR) is 78.8 cm³/mol. The zero-order chi connectivity index (χ0) is 15.2. The molecule has 2 rings (SSSR count). The molecule has 2 aromatic rings. The average molecular weight is 303 g/mol. The quantitative estimate of drug-likeness (QED) is 0.392. The second-order valence-corrected chi connectivity index (χ2v) is 4.81. The van der Waals surface area contributed by atoms with E-state index in [9.17, 15) is 14.4 Å². The lowest BCUT2D eigenvalue weighted by Crippen LogP contribution is -2.26.